The van der Waals surface area contributed by atoms with E-state index < -0.39 is 0 Å². The Bertz CT molecular complexity index is 353. The molecule has 16 heavy (non-hydrogen) atoms. The van der Waals surface area contributed by atoms with E-state index in [9.17, 15) is 0 Å². The molecule has 0 saturated heterocycles. The van der Waals surface area contributed by atoms with Gasteiger partial charge < -0.3 is 0 Å². The Morgan fingerprint density at radius 1 is 0.875 bits per heavy atom. The highest BCUT2D eigenvalue weighted by atomic mass is 14.3. The lowest BCUT2D eigenvalue weighted by Crippen LogP contribution is -2.18. The van der Waals surface area contributed by atoms with Crippen LogP contribution in [0.25, 0.3) is 0 Å². The van der Waals surface area contributed by atoms with Gasteiger partial charge in [-0.2, -0.15) is 0 Å². The minimum Gasteiger partial charge on any atom is -0.0620 e. The van der Waals surface area contributed by atoms with E-state index in [4.69, 9.17) is 0 Å². The van der Waals surface area contributed by atoms with Crippen molar-refractivity contribution in [3.05, 3.63) is 35.4 Å². The molecule has 0 spiro atoms. The van der Waals surface area contributed by atoms with Gasteiger partial charge >= 0.3 is 0 Å². The second-order valence-electron chi connectivity index (χ2n) is 5.69. The fourth-order valence-electron chi connectivity index (χ4n) is 3.71. The predicted molar refractivity (Wildman–Crippen MR) is 68.7 cm³/mol. The van der Waals surface area contributed by atoms with Crippen LogP contribution < -0.4 is 0 Å². The minimum atomic E-state index is 0.882. The van der Waals surface area contributed by atoms with Crippen LogP contribution in [-0.2, 0) is 6.42 Å². The smallest absolute Gasteiger partial charge is 0.0156 e. The van der Waals surface area contributed by atoms with Crippen molar-refractivity contribution in [2.75, 3.05) is 0 Å². The van der Waals surface area contributed by atoms with Gasteiger partial charge in [-0.1, -0.05) is 56.4 Å². The maximum Gasteiger partial charge on any atom is -0.0156 e. The van der Waals surface area contributed by atoms with Crippen molar-refractivity contribution in [2.24, 2.45) is 5.92 Å². The van der Waals surface area contributed by atoms with Gasteiger partial charge in [0, 0.05) is 0 Å². The molecule has 0 heteroatoms. The lowest BCUT2D eigenvalue weighted by atomic mass is 9.74. The molecular weight excluding hydrogens is 192 g/mol. The molecule has 2 atom stereocenters. The van der Waals surface area contributed by atoms with Gasteiger partial charge in [0.25, 0.3) is 0 Å². The van der Waals surface area contributed by atoms with Gasteiger partial charge in [-0.3, -0.25) is 0 Å². The zero-order valence-corrected chi connectivity index (χ0v) is 10.1. The molecule has 0 aliphatic heterocycles. The van der Waals surface area contributed by atoms with Crippen molar-refractivity contribution in [1.29, 1.82) is 0 Å². The van der Waals surface area contributed by atoms with Crippen LogP contribution in [-0.4, -0.2) is 0 Å². The highest BCUT2D eigenvalue weighted by molar-refractivity contribution is 5.33. The molecule has 1 fully saturated rings. The molecule has 2 aliphatic carbocycles. The molecule has 1 aromatic carbocycles. The van der Waals surface area contributed by atoms with E-state index in [0.717, 1.165) is 11.8 Å². The molecule has 2 bridgehead atoms. The Morgan fingerprint density at radius 2 is 1.69 bits per heavy atom. The zero-order chi connectivity index (χ0) is 10.8. The fraction of sp³-hybridized carbons (Fsp3) is 0.625. The molecule has 2 aliphatic rings. The van der Waals surface area contributed by atoms with E-state index >= 15 is 0 Å². The molecule has 0 nitrogen and oxygen atoms in total. The molecule has 0 aromatic heterocycles. The Balaban J connectivity index is 1.90. The summed E-state index contributed by atoms with van der Waals surface area (Å²) in [5.41, 5.74) is 3.34. The summed E-state index contributed by atoms with van der Waals surface area (Å²) in [6, 6.07) is 9.20. The van der Waals surface area contributed by atoms with Gasteiger partial charge in [-0.25, -0.2) is 0 Å². The molecule has 86 valence electrons. The summed E-state index contributed by atoms with van der Waals surface area (Å²) in [5, 5.41) is 0. The summed E-state index contributed by atoms with van der Waals surface area (Å²) in [6.07, 6.45) is 11.6. The predicted octanol–water partition coefficient (Wildman–Crippen LogP) is 4.69. The van der Waals surface area contributed by atoms with Crippen LogP contribution >= 0.6 is 0 Å². The third kappa shape index (κ3) is 2.03. The standard InChI is InChI=1S/C16H22/c1-2-4-8-14-11-13(7-3-1)12-15-9-5-6-10-16(14)15/h5-6,9-10,13-14H,1-4,7-8,11-12H2. The summed E-state index contributed by atoms with van der Waals surface area (Å²) in [5.74, 6) is 1.87. The highest BCUT2D eigenvalue weighted by Gasteiger charge is 2.26. The molecule has 2 unspecified atom stereocenters. The minimum absolute atomic E-state index is 0.882. The lowest BCUT2D eigenvalue weighted by Gasteiger charge is -2.31. The van der Waals surface area contributed by atoms with Crippen LogP contribution in [0.4, 0.5) is 0 Å². The molecule has 0 heterocycles. The largest absolute Gasteiger partial charge is 0.0620 e. The number of fused-ring (bicyclic) bond motifs is 4. The fourth-order valence-corrected chi connectivity index (χ4v) is 3.71. The normalized spacial score (nSPS) is 29.8. The first kappa shape index (κ1) is 10.4. The van der Waals surface area contributed by atoms with E-state index in [1.807, 2.05) is 0 Å². The highest BCUT2D eigenvalue weighted by Crippen LogP contribution is 2.40. The number of benzene rings is 1. The third-order valence-corrected chi connectivity index (χ3v) is 4.54. The summed E-state index contributed by atoms with van der Waals surface area (Å²) < 4.78 is 0. The van der Waals surface area contributed by atoms with Gasteiger partial charge in [0.1, 0.15) is 0 Å². The van der Waals surface area contributed by atoms with Crippen LogP contribution in [0, 0.1) is 5.92 Å². The van der Waals surface area contributed by atoms with Crippen LogP contribution in [0.2, 0.25) is 0 Å². The SMILES string of the molecule is c1ccc2c(c1)CC1CCCCCCC2C1. The quantitative estimate of drug-likeness (QED) is 0.588. The zero-order valence-electron chi connectivity index (χ0n) is 10.1. The summed E-state index contributed by atoms with van der Waals surface area (Å²) >= 11 is 0. The first-order chi connectivity index (χ1) is 7.93. The van der Waals surface area contributed by atoms with Gasteiger partial charge in [0.05, 0.1) is 0 Å². The molecule has 0 N–H and O–H groups in total. The van der Waals surface area contributed by atoms with Gasteiger partial charge in [-0.05, 0) is 42.2 Å². The Labute approximate surface area is 99.1 Å². The van der Waals surface area contributed by atoms with Crippen molar-refractivity contribution in [3.8, 4) is 0 Å². The van der Waals surface area contributed by atoms with E-state index in [1.54, 1.807) is 11.1 Å². The summed E-state index contributed by atoms with van der Waals surface area (Å²) in [6.45, 7) is 0. The first-order valence-corrected chi connectivity index (χ1v) is 7.01. The van der Waals surface area contributed by atoms with Gasteiger partial charge in [-0.15, -0.1) is 0 Å². The van der Waals surface area contributed by atoms with Crippen LogP contribution in [0.1, 0.15) is 62.0 Å². The van der Waals surface area contributed by atoms with Crippen molar-refractivity contribution >= 4 is 0 Å². The van der Waals surface area contributed by atoms with E-state index in [-0.39, 0.29) is 0 Å². The molecule has 1 aromatic rings. The van der Waals surface area contributed by atoms with E-state index in [0.29, 0.717) is 0 Å². The molecule has 3 rings (SSSR count). The maximum atomic E-state index is 2.38. The maximum absolute atomic E-state index is 2.38. The average Bonchev–Trinajstić information content (AvgIpc) is 2.41. The van der Waals surface area contributed by atoms with E-state index in [1.165, 1.54) is 51.4 Å². The number of rotatable bonds is 0. The second-order valence-corrected chi connectivity index (χ2v) is 5.69. The summed E-state index contributed by atoms with van der Waals surface area (Å²) in [7, 11) is 0. The van der Waals surface area contributed by atoms with Gasteiger partial charge in [0.2, 0.25) is 0 Å². The topological polar surface area (TPSA) is 0 Å². The van der Waals surface area contributed by atoms with E-state index in [2.05, 4.69) is 24.3 Å². The monoisotopic (exact) mass is 214 g/mol. The van der Waals surface area contributed by atoms with Crippen molar-refractivity contribution in [3.63, 3.8) is 0 Å². The van der Waals surface area contributed by atoms with Crippen LogP contribution in [0.3, 0.4) is 0 Å². The average molecular weight is 214 g/mol. The first-order valence-electron chi connectivity index (χ1n) is 7.01. The summed E-state index contributed by atoms with van der Waals surface area (Å²) in [4.78, 5) is 0. The number of hydrogen-bond acceptors (Lipinski definition) is 0. The van der Waals surface area contributed by atoms with Crippen molar-refractivity contribution in [2.45, 2.75) is 57.3 Å². The molecule has 0 amide bonds. The molecule has 0 radical (unpaired) electrons. The van der Waals surface area contributed by atoms with Crippen molar-refractivity contribution in [1.82, 2.24) is 0 Å². The Hall–Kier alpha value is -0.780. The second kappa shape index (κ2) is 4.61. The van der Waals surface area contributed by atoms with Crippen LogP contribution in [0.5, 0.6) is 0 Å². The molecule has 1 saturated carbocycles. The Morgan fingerprint density at radius 3 is 2.62 bits per heavy atom. The Kier molecular flexibility index (Phi) is 2.99. The molecular formula is C16H22. The van der Waals surface area contributed by atoms with Gasteiger partial charge in [0.15, 0.2) is 0 Å². The lowest BCUT2D eigenvalue weighted by molar-refractivity contribution is 0.371. The number of hydrogen-bond donors (Lipinski definition) is 0. The third-order valence-electron chi connectivity index (χ3n) is 4.54. The van der Waals surface area contributed by atoms with Crippen LogP contribution in [0.15, 0.2) is 24.3 Å². The van der Waals surface area contributed by atoms with Crippen molar-refractivity contribution < 1.29 is 0 Å².